The number of alkyl halides is 2. The van der Waals surface area contributed by atoms with Crippen LogP contribution in [0.15, 0.2) is 18.2 Å². The molecule has 1 saturated heterocycles. The predicted molar refractivity (Wildman–Crippen MR) is 135 cm³/mol. The van der Waals surface area contributed by atoms with Gasteiger partial charge in [-0.25, -0.2) is 13.2 Å². The highest BCUT2D eigenvalue weighted by Crippen LogP contribution is 2.43. The van der Waals surface area contributed by atoms with E-state index in [9.17, 15) is 13.9 Å². The Hall–Kier alpha value is -0.860. The number of aliphatic hydroxyl groups is 1. The molecule has 1 saturated carbocycles. The van der Waals surface area contributed by atoms with Crippen molar-refractivity contribution in [3.05, 3.63) is 34.6 Å². The highest BCUT2D eigenvalue weighted by molar-refractivity contribution is 6.30. The van der Waals surface area contributed by atoms with Gasteiger partial charge in [-0.2, -0.15) is 0 Å². The molecule has 1 aromatic carbocycles. The second-order valence-corrected chi connectivity index (χ2v) is 11.0. The summed E-state index contributed by atoms with van der Waals surface area (Å²) < 4.78 is 47.7. The molecule has 1 heterocycles. The molecule has 35 heavy (non-hydrogen) atoms. The van der Waals surface area contributed by atoms with Crippen molar-refractivity contribution in [2.45, 2.75) is 81.8 Å². The first-order chi connectivity index (χ1) is 16.7. The van der Waals surface area contributed by atoms with Crippen LogP contribution in [-0.2, 0) is 10.3 Å². The minimum atomic E-state index is -2.52. The lowest BCUT2D eigenvalue weighted by atomic mass is 9.73. The normalized spacial score (nSPS) is 24.3. The van der Waals surface area contributed by atoms with Gasteiger partial charge in [0.05, 0.1) is 10.6 Å². The lowest BCUT2D eigenvalue weighted by molar-refractivity contribution is -0.0740. The van der Waals surface area contributed by atoms with Crippen molar-refractivity contribution in [2.24, 2.45) is 11.8 Å². The number of hydrogen-bond donors (Lipinski definition) is 2. The molecule has 3 atom stereocenters. The van der Waals surface area contributed by atoms with Crippen LogP contribution in [0.3, 0.4) is 0 Å². The molecule has 0 radical (unpaired) electrons. The van der Waals surface area contributed by atoms with Crippen LogP contribution >= 0.6 is 11.6 Å². The number of rotatable bonds is 12. The molecular formula is C27H42ClF3N2O2. The van der Waals surface area contributed by atoms with Gasteiger partial charge in [0, 0.05) is 57.2 Å². The van der Waals surface area contributed by atoms with Crippen molar-refractivity contribution in [3.8, 4) is 0 Å². The number of benzene rings is 1. The van der Waals surface area contributed by atoms with E-state index in [0.717, 1.165) is 38.8 Å². The number of unbranched alkanes of at least 4 members (excludes halogenated alkanes) is 1. The van der Waals surface area contributed by atoms with Crippen LogP contribution < -0.4 is 5.32 Å². The van der Waals surface area contributed by atoms with Crippen LogP contribution in [0.5, 0.6) is 0 Å². The Labute approximate surface area is 213 Å². The highest BCUT2D eigenvalue weighted by atomic mass is 35.5. The number of hydrogen-bond acceptors (Lipinski definition) is 4. The Morgan fingerprint density at radius 1 is 1.26 bits per heavy atom. The summed E-state index contributed by atoms with van der Waals surface area (Å²) in [6.45, 7) is 2.89. The maximum absolute atomic E-state index is 15.2. The summed E-state index contributed by atoms with van der Waals surface area (Å²) >= 11 is 6.11. The van der Waals surface area contributed by atoms with Gasteiger partial charge in [-0.3, -0.25) is 4.90 Å². The first-order valence-corrected chi connectivity index (χ1v) is 13.5. The number of likely N-dealkylation sites (tertiary alicyclic amines) is 1. The quantitative estimate of drug-likeness (QED) is 0.333. The van der Waals surface area contributed by atoms with Crippen LogP contribution in [0.4, 0.5) is 13.2 Å². The fourth-order valence-corrected chi connectivity index (χ4v) is 6.26. The lowest BCUT2D eigenvalue weighted by Crippen LogP contribution is -2.52. The van der Waals surface area contributed by atoms with Gasteiger partial charge in [-0.15, -0.1) is 0 Å². The molecule has 2 N–H and O–H groups in total. The van der Waals surface area contributed by atoms with Crippen molar-refractivity contribution in [1.29, 1.82) is 0 Å². The topological polar surface area (TPSA) is 44.7 Å². The van der Waals surface area contributed by atoms with Crippen LogP contribution in [0.25, 0.3) is 0 Å². The van der Waals surface area contributed by atoms with E-state index in [1.165, 1.54) is 6.07 Å². The molecule has 3 rings (SSSR count). The van der Waals surface area contributed by atoms with Crippen LogP contribution in [0, 0.1) is 17.7 Å². The zero-order valence-electron chi connectivity index (χ0n) is 21.2. The summed E-state index contributed by atoms with van der Waals surface area (Å²) in [7, 11) is 3.56. The monoisotopic (exact) mass is 518 g/mol. The number of nitrogens with one attached hydrogen (secondary N) is 1. The summed E-state index contributed by atoms with van der Waals surface area (Å²) in [5.41, 5.74) is -1.06. The molecule has 0 amide bonds. The molecule has 1 unspecified atom stereocenters. The van der Waals surface area contributed by atoms with Crippen molar-refractivity contribution in [1.82, 2.24) is 10.2 Å². The van der Waals surface area contributed by atoms with Crippen molar-refractivity contribution in [3.63, 3.8) is 0 Å². The fraction of sp³-hybridized carbons (Fsp3) is 0.778. The van der Waals surface area contributed by atoms with Gasteiger partial charge < -0.3 is 15.2 Å². The Morgan fingerprint density at radius 3 is 2.69 bits per heavy atom. The largest absolute Gasteiger partial charge is 0.385 e. The maximum atomic E-state index is 15.2. The van der Waals surface area contributed by atoms with Crippen molar-refractivity contribution in [2.75, 3.05) is 40.4 Å². The molecule has 0 bridgehead atoms. The summed E-state index contributed by atoms with van der Waals surface area (Å²) in [5, 5.41) is 15.4. The van der Waals surface area contributed by atoms with E-state index in [4.69, 9.17) is 16.3 Å². The van der Waals surface area contributed by atoms with E-state index in [-0.39, 0.29) is 41.3 Å². The zero-order chi connectivity index (χ0) is 25.5. The molecule has 1 aliphatic heterocycles. The smallest absolute Gasteiger partial charge is 0.248 e. The average molecular weight is 519 g/mol. The minimum Gasteiger partial charge on any atom is -0.385 e. The third kappa shape index (κ3) is 7.57. The van der Waals surface area contributed by atoms with E-state index >= 15 is 4.39 Å². The standard InChI is InChI=1S/C27H42ClF3N2O2/c1-32-18-22(17-20-10-13-26(30,31)14-11-20)33-15-6-7-21(19-33)27(34,12-3-4-16-35-2)23-8-5-9-24(28)25(23)29/h5,8-9,20-22,32,34H,3-4,6-7,10-19H2,1-2H3/t21-,22?,27+/m1/s1. The molecule has 1 aromatic rings. The molecule has 2 fully saturated rings. The van der Waals surface area contributed by atoms with E-state index in [1.807, 2.05) is 7.05 Å². The number of nitrogens with zero attached hydrogens (tertiary/aromatic N) is 1. The van der Waals surface area contributed by atoms with Gasteiger partial charge in [-0.1, -0.05) is 23.7 Å². The number of ether oxygens (including phenoxy) is 1. The van der Waals surface area contributed by atoms with Crippen LogP contribution in [0.2, 0.25) is 5.02 Å². The fourth-order valence-electron chi connectivity index (χ4n) is 6.08. The van der Waals surface area contributed by atoms with Crippen molar-refractivity contribution < 1.29 is 23.0 Å². The lowest BCUT2D eigenvalue weighted by Gasteiger charge is -2.46. The molecule has 2 aliphatic rings. The van der Waals surface area contributed by atoms with E-state index in [2.05, 4.69) is 10.2 Å². The maximum Gasteiger partial charge on any atom is 0.248 e. The van der Waals surface area contributed by atoms with E-state index in [0.29, 0.717) is 38.8 Å². The summed E-state index contributed by atoms with van der Waals surface area (Å²) in [4.78, 5) is 2.39. The Morgan fingerprint density at radius 2 is 2.00 bits per heavy atom. The first kappa shape index (κ1) is 28.7. The summed E-state index contributed by atoms with van der Waals surface area (Å²) in [5.74, 6) is -2.94. The summed E-state index contributed by atoms with van der Waals surface area (Å²) in [6.07, 6.45) is 5.55. The number of piperidine rings is 1. The molecule has 0 spiro atoms. The average Bonchev–Trinajstić information content (AvgIpc) is 2.84. The Balaban J connectivity index is 1.77. The first-order valence-electron chi connectivity index (χ1n) is 13.1. The van der Waals surface area contributed by atoms with E-state index < -0.39 is 17.3 Å². The Bertz CT molecular complexity index is 790. The molecule has 4 nitrogen and oxygen atoms in total. The summed E-state index contributed by atoms with van der Waals surface area (Å²) in [6, 6.07) is 5.06. The molecule has 1 aliphatic carbocycles. The van der Waals surface area contributed by atoms with Gasteiger partial charge in [0.15, 0.2) is 0 Å². The van der Waals surface area contributed by atoms with Gasteiger partial charge in [0.1, 0.15) is 5.82 Å². The van der Waals surface area contributed by atoms with Gasteiger partial charge >= 0.3 is 0 Å². The van der Waals surface area contributed by atoms with Crippen LogP contribution in [-0.4, -0.2) is 62.4 Å². The molecule has 8 heteroatoms. The Kier molecular flexibility index (Phi) is 10.7. The number of likely N-dealkylation sites (N-methyl/N-ethyl adjacent to an activating group) is 1. The minimum absolute atomic E-state index is 0.0210. The zero-order valence-corrected chi connectivity index (χ0v) is 21.9. The number of methoxy groups -OCH3 is 1. The SMILES string of the molecule is CNCC(CC1CCC(F)(F)CC1)N1CCC[C@@H]([C@@](O)(CCCCOC)c2cccc(Cl)c2F)C1. The second kappa shape index (κ2) is 13.1. The second-order valence-electron chi connectivity index (χ2n) is 10.6. The highest BCUT2D eigenvalue weighted by Gasteiger charge is 2.43. The third-order valence-corrected chi connectivity index (χ3v) is 8.39. The van der Waals surface area contributed by atoms with Gasteiger partial charge in [0.25, 0.3) is 0 Å². The van der Waals surface area contributed by atoms with Gasteiger partial charge in [-0.05, 0) is 76.9 Å². The molecular weight excluding hydrogens is 477 g/mol. The third-order valence-electron chi connectivity index (χ3n) is 8.10. The van der Waals surface area contributed by atoms with Crippen LogP contribution in [0.1, 0.15) is 69.8 Å². The predicted octanol–water partition coefficient (Wildman–Crippen LogP) is 6.00. The van der Waals surface area contributed by atoms with Crippen molar-refractivity contribution >= 4 is 11.6 Å². The number of halogens is 4. The van der Waals surface area contributed by atoms with Gasteiger partial charge in [0.2, 0.25) is 5.92 Å². The molecule has 0 aromatic heterocycles. The molecule has 200 valence electrons. The van der Waals surface area contributed by atoms with E-state index in [1.54, 1.807) is 19.2 Å².